The summed E-state index contributed by atoms with van der Waals surface area (Å²) in [7, 11) is 0.729. The molecule has 0 heterocycles. The van der Waals surface area contributed by atoms with Gasteiger partial charge in [-0.3, -0.25) is 0 Å². The SMILES string of the molecule is CCCCC1C([Si]C2=Cc3c(cccc3-c3ccc(C(C)(C)C)cc3C)C2)=Cc2c(-c3ccc(C(C)(C)C)cc3C)cccc21. The van der Waals surface area contributed by atoms with Gasteiger partial charge in [0.05, 0.1) is 0 Å². The van der Waals surface area contributed by atoms with E-state index in [1.54, 1.807) is 10.4 Å². The molecule has 2 radical (unpaired) electrons. The molecule has 0 amide bonds. The quantitative estimate of drug-likeness (QED) is 0.184. The molecule has 4 aromatic carbocycles. The van der Waals surface area contributed by atoms with Crippen molar-refractivity contribution in [1.29, 1.82) is 0 Å². The predicted molar refractivity (Wildman–Crippen MR) is 198 cm³/mol. The van der Waals surface area contributed by atoms with E-state index in [9.17, 15) is 0 Å². The second kappa shape index (κ2) is 12.1. The minimum absolute atomic E-state index is 0.155. The van der Waals surface area contributed by atoms with E-state index in [1.165, 1.54) is 86.0 Å². The summed E-state index contributed by atoms with van der Waals surface area (Å²) >= 11 is 0. The molecule has 6 rings (SSSR count). The molecule has 0 bridgehead atoms. The predicted octanol–water partition coefficient (Wildman–Crippen LogP) is 12.2. The lowest BCUT2D eigenvalue weighted by atomic mass is 9.83. The van der Waals surface area contributed by atoms with Crippen LogP contribution in [0.2, 0.25) is 0 Å². The second-order valence-corrected chi connectivity index (χ2v) is 17.0. The first-order chi connectivity index (χ1) is 21.3. The minimum atomic E-state index is 0.155. The van der Waals surface area contributed by atoms with Crippen LogP contribution in [0.25, 0.3) is 34.4 Å². The lowest BCUT2D eigenvalue weighted by Gasteiger charge is -2.21. The van der Waals surface area contributed by atoms with Gasteiger partial charge in [0.2, 0.25) is 0 Å². The number of hydrogen-bond donors (Lipinski definition) is 0. The highest BCUT2D eigenvalue weighted by atomic mass is 28.2. The van der Waals surface area contributed by atoms with Crippen LogP contribution in [-0.2, 0) is 17.3 Å². The average molecular weight is 607 g/mol. The number of benzene rings is 4. The van der Waals surface area contributed by atoms with E-state index in [4.69, 9.17) is 0 Å². The third kappa shape index (κ3) is 6.21. The van der Waals surface area contributed by atoms with E-state index in [0.717, 1.165) is 15.9 Å². The van der Waals surface area contributed by atoms with Crippen molar-refractivity contribution in [1.82, 2.24) is 0 Å². The highest BCUT2D eigenvalue weighted by Gasteiger charge is 2.29. The first-order valence-electron chi connectivity index (χ1n) is 17.0. The zero-order chi connectivity index (χ0) is 32.1. The maximum Gasteiger partial charge on any atom is 0.111 e. The Morgan fingerprint density at radius 3 is 1.80 bits per heavy atom. The van der Waals surface area contributed by atoms with Crippen LogP contribution in [0.3, 0.4) is 0 Å². The second-order valence-electron chi connectivity index (χ2n) is 15.5. The maximum atomic E-state index is 2.58. The van der Waals surface area contributed by atoms with Crippen LogP contribution in [0.5, 0.6) is 0 Å². The van der Waals surface area contributed by atoms with Crippen LogP contribution in [0.15, 0.2) is 83.2 Å². The van der Waals surface area contributed by atoms with Gasteiger partial charge in [-0.05, 0) is 104 Å². The zero-order valence-electron chi connectivity index (χ0n) is 29.0. The van der Waals surface area contributed by atoms with Gasteiger partial charge in [-0.2, -0.15) is 0 Å². The number of rotatable bonds is 7. The lowest BCUT2D eigenvalue weighted by molar-refractivity contribution is 0.589. The van der Waals surface area contributed by atoms with Crippen molar-refractivity contribution < 1.29 is 0 Å². The summed E-state index contributed by atoms with van der Waals surface area (Å²) in [6.07, 6.45) is 9.93. The molecule has 230 valence electrons. The van der Waals surface area contributed by atoms with Crippen LogP contribution in [0.4, 0.5) is 0 Å². The molecule has 45 heavy (non-hydrogen) atoms. The molecule has 0 aromatic heterocycles. The molecule has 1 unspecified atom stereocenters. The molecule has 2 aliphatic carbocycles. The Bertz CT molecular complexity index is 1820. The Morgan fingerprint density at radius 1 is 0.667 bits per heavy atom. The van der Waals surface area contributed by atoms with Crippen LogP contribution in [-0.4, -0.2) is 9.52 Å². The van der Waals surface area contributed by atoms with Crippen molar-refractivity contribution in [2.24, 2.45) is 0 Å². The van der Waals surface area contributed by atoms with Gasteiger partial charge in [0.15, 0.2) is 0 Å². The van der Waals surface area contributed by atoms with Crippen LogP contribution in [0, 0.1) is 13.8 Å². The van der Waals surface area contributed by atoms with Gasteiger partial charge >= 0.3 is 0 Å². The normalized spacial score (nSPS) is 16.0. The first-order valence-corrected chi connectivity index (χ1v) is 18.0. The largest absolute Gasteiger partial charge is 0.111 e. The van der Waals surface area contributed by atoms with E-state index in [2.05, 4.69) is 147 Å². The highest BCUT2D eigenvalue weighted by molar-refractivity contribution is 6.57. The van der Waals surface area contributed by atoms with Crippen LogP contribution in [0.1, 0.15) is 118 Å². The Labute approximate surface area is 275 Å². The fraction of sp³-hybridized carbons (Fsp3) is 0.364. The van der Waals surface area contributed by atoms with Crippen LogP contribution >= 0.6 is 0 Å². The third-order valence-corrected chi connectivity index (χ3v) is 11.4. The Morgan fingerprint density at radius 2 is 1.24 bits per heavy atom. The molecule has 0 N–H and O–H groups in total. The van der Waals surface area contributed by atoms with E-state index >= 15 is 0 Å². The highest BCUT2D eigenvalue weighted by Crippen LogP contribution is 2.46. The molecule has 0 saturated heterocycles. The van der Waals surface area contributed by atoms with E-state index < -0.39 is 0 Å². The number of fused-ring (bicyclic) bond motifs is 2. The van der Waals surface area contributed by atoms with Crippen LogP contribution < -0.4 is 0 Å². The van der Waals surface area contributed by atoms with Crippen molar-refractivity contribution in [3.63, 3.8) is 0 Å². The smallest absolute Gasteiger partial charge is 0.0748 e. The molecule has 2 aliphatic rings. The van der Waals surface area contributed by atoms with Gasteiger partial charge in [0.25, 0.3) is 0 Å². The maximum absolute atomic E-state index is 2.58. The van der Waals surface area contributed by atoms with Gasteiger partial charge in [-0.15, -0.1) is 0 Å². The molecular weight excluding hydrogens is 557 g/mol. The third-order valence-electron chi connectivity index (χ3n) is 10.0. The summed E-state index contributed by atoms with van der Waals surface area (Å²) < 4.78 is 0. The number of aryl methyl sites for hydroxylation is 2. The standard InChI is InChI=1S/C44H50Si/c1-10-11-15-39-38-18-13-17-37(35-22-20-32(24-29(35)3)44(7,8)9)41(38)27-42(39)45-33-25-30-14-12-16-36(40(30)26-33)34-21-19-31(23-28(34)2)43(4,5)6/h12-14,16-24,26-27,39H,10-11,15,25H2,1-9H3. The van der Waals surface area contributed by atoms with E-state index in [1.807, 2.05) is 0 Å². The van der Waals surface area contributed by atoms with Gasteiger partial charge in [-0.25, -0.2) is 0 Å². The molecule has 1 heteroatoms. The molecule has 1 atom stereocenters. The van der Waals surface area contributed by atoms with Gasteiger partial charge in [-0.1, -0.05) is 157 Å². The minimum Gasteiger partial charge on any atom is -0.0748 e. The molecule has 0 saturated carbocycles. The number of allylic oxidation sites excluding steroid dienone is 2. The molecule has 4 aromatic rings. The summed E-state index contributed by atoms with van der Waals surface area (Å²) in [5.41, 5.74) is 17.3. The molecule has 0 fully saturated rings. The van der Waals surface area contributed by atoms with Crippen molar-refractivity contribution in [2.75, 3.05) is 0 Å². The molecule has 0 aliphatic heterocycles. The number of hydrogen-bond acceptors (Lipinski definition) is 0. The Kier molecular flexibility index (Phi) is 8.46. The van der Waals surface area contributed by atoms with Crippen molar-refractivity contribution in [2.45, 2.75) is 105 Å². The average Bonchev–Trinajstić information content (AvgIpc) is 3.55. The summed E-state index contributed by atoms with van der Waals surface area (Å²) in [4.78, 5) is 0. The van der Waals surface area contributed by atoms with E-state index in [-0.39, 0.29) is 10.8 Å². The first kappa shape index (κ1) is 31.6. The van der Waals surface area contributed by atoms with E-state index in [0.29, 0.717) is 5.92 Å². The summed E-state index contributed by atoms with van der Waals surface area (Å²) in [5.74, 6) is 0.517. The monoisotopic (exact) mass is 606 g/mol. The van der Waals surface area contributed by atoms with Gasteiger partial charge in [0.1, 0.15) is 9.52 Å². The van der Waals surface area contributed by atoms with Crippen molar-refractivity contribution in [3.8, 4) is 22.3 Å². The number of unbranched alkanes of at least 4 members (excludes halogenated alkanes) is 1. The van der Waals surface area contributed by atoms with Crippen molar-refractivity contribution in [3.05, 3.63) is 128 Å². The van der Waals surface area contributed by atoms with Crippen molar-refractivity contribution >= 4 is 21.7 Å². The van der Waals surface area contributed by atoms with Gasteiger partial charge < -0.3 is 0 Å². The molecule has 0 spiro atoms. The van der Waals surface area contributed by atoms with Gasteiger partial charge in [0, 0.05) is 5.92 Å². The fourth-order valence-corrected chi connectivity index (χ4v) is 8.84. The Hall–Kier alpha value is -3.42. The fourth-order valence-electron chi connectivity index (χ4n) is 7.28. The summed E-state index contributed by atoms with van der Waals surface area (Å²) in [5, 5.41) is 3.20. The zero-order valence-corrected chi connectivity index (χ0v) is 30.0. The molecular formula is C44H50Si. The summed E-state index contributed by atoms with van der Waals surface area (Å²) in [6, 6.07) is 28.2. The summed E-state index contributed by atoms with van der Waals surface area (Å²) in [6.45, 7) is 20.7. The Balaban J connectivity index is 1.35. The lowest BCUT2D eigenvalue weighted by Crippen LogP contribution is -2.11. The topological polar surface area (TPSA) is 0 Å². The molecule has 0 nitrogen and oxygen atoms in total.